The van der Waals surface area contributed by atoms with E-state index in [9.17, 15) is 4.79 Å². The number of rotatable bonds is 4. The molecule has 0 amide bonds. The highest BCUT2D eigenvalue weighted by Crippen LogP contribution is 2.21. The fraction of sp³-hybridized carbons (Fsp3) is 0.176. The van der Waals surface area contributed by atoms with Gasteiger partial charge >= 0.3 is 0 Å². The van der Waals surface area contributed by atoms with Crippen molar-refractivity contribution in [1.82, 2.24) is 9.97 Å². The van der Waals surface area contributed by atoms with Gasteiger partial charge in [-0.05, 0) is 24.6 Å². The zero-order valence-electron chi connectivity index (χ0n) is 12.4. The highest BCUT2D eigenvalue weighted by atomic mass is 16.5. The van der Waals surface area contributed by atoms with Crippen molar-refractivity contribution < 1.29 is 9.47 Å². The molecule has 0 aliphatic carbocycles. The topological polar surface area (TPSA) is 64.2 Å². The van der Waals surface area contributed by atoms with Crippen LogP contribution in [0.25, 0.3) is 11.0 Å². The second kappa shape index (κ2) is 5.89. The molecule has 112 valence electrons. The molecule has 0 fully saturated rings. The summed E-state index contributed by atoms with van der Waals surface area (Å²) in [6.07, 6.45) is 1.61. The van der Waals surface area contributed by atoms with E-state index in [-0.39, 0.29) is 5.43 Å². The lowest BCUT2D eigenvalue weighted by Crippen LogP contribution is -2.05. The van der Waals surface area contributed by atoms with Crippen LogP contribution in [0.2, 0.25) is 0 Å². The van der Waals surface area contributed by atoms with Gasteiger partial charge in [0.15, 0.2) is 0 Å². The Bertz CT molecular complexity index is 854. The smallest absolute Gasteiger partial charge is 0.207 e. The molecule has 0 aliphatic heterocycles. The molecule has 2 heterocycles. The number of aromatic amines is 1. The third-order valence-corrected chi connectivity index (χ3v) is 3.43. The minimum Gasteiger partial charge on any atom is -0.497 e. The van der Waals surface area contributed by atoms with Gasteiger partial charge in [-0.2, -0.15) is 0 Å². The molecule has 22 heavy (non-hydrogen) atoms. The highest BCUT2D eigenvalue weighted by molar-refractivity contribution is 5.75. The third-order valence-electron chi connectivity index (χ3n) is 3.43. The summed E-state index contributed by atoms with van der Waals surface area (Å²) in [6.45, 7) is 2.25. The summed E-state index contributed by atoms with van der Waals surface area (Å²) in [5.74, 6) is 1.47. The van der Waals surface area contributed by atoms with E-state index in [2.05, 4.69) is 9.97 Å². The average Bonchev–Trinajstić information content (AvgIpc) is 2.54. The van der Waals surface area contributed by atoms with Crippen LogP contribution in [0.1, 0.15) is 11.3 Å². The number of methoxy groups -OCH3 is 1. The number of hydrogen-bond acceptors (Lipinski definition) is 4. The second-order valence-corrected chi connectivity index (χ2v) is 4.95. The average molecular weight is 296 g/mol. The predicted molar refractivity (Wildman–Crippen MR) is 84.4 cm³/mol. The molecule has 0 spiro atoms. The molecule has 5 nitrogen and oxygen atoms in total. The van der Waals surface area contributed by atoms with Gasteiger partial charge in [-0.15, -0.1) is 0 Å². The van der Waals surface area contributed by atoms with Crippen molar-refractivity contribution in [2.45, 2.75) is 13.5 Å². The Kier molecular flexibility index (Phi) is 3.78. The van der Waals surface area contributed by atoms with E-state index in [1.165, 1.54) is 6.07 Å². The maximum absolute atomic E-state index is 11.7. The lowest BCUT2D eigenvalue weighted by Gasteiger charge is -2.10. The minimum atomic E-state index is -0.0986. The molecule has 0 saturated carbocycles. The number of aryl methyl sites for hydroxylation is 1. The van der Waals surface area contributed by atoms with Crippen LogP contribution < -0.4 is 14.9 Å². The van der Waals surface area contributed by atoms with E-state index in [1.54, 1.807) is 13.3 Å². The molecule has 3 aromatic rings. The first-order chi connectivity index (χ1) is 10.7. The molecule has 0 aliphatic rings. The summed E-state index contributed by atoms with van der Waals surface area (Å²) in [5, 5.41) is 0. The van der Waals surface area contributed by atoms with Crippen molar-refractivity contribution in [3.63, 3.8) is 0 Å². The van der Waals surface area contributed by atoms with Crippen LogP contribution in [0.15, 0.2) is 47.4 Å². The van der Waals surface area contributed by atoms with Crippen LogP contribution in [0.3, 0.4) is 0 Å². The molecule has 0 radical (unpaired) electrons. The number of hydrogen-bond donors (Lipinski definition) is 1. The summed E-state index contributed by atoms with van der Waals surface area (Å²) < 4.78 is 10.9. The van der Waals surface area contributed by atoms with Crippen LogP contribution >= 0.6 is 0 Å². The zero-order valence-corrected chi connectivity index (χ0v) is 12.4. The maximum Gasteiger partial charge on any atom is 0.207 e. The summed E-state index contributed by atoms with van der Waals surface area (Å²) >= 11 is 0. The highest BCUT2D eigenvalue weighted by Gasteiger charge is 2.07. The van der Waals surface area contributed by atoms with E-state index in [0.717, 1.165) is 11.3 Å². The SMILES string of the molecule is COc1ccc(COc2cc3[nH]ccc(=O)c3nc2C)cc1. The number of H-pyrrole nitrogens is 1. The van der Waals surface area contributed by atoms with E-state index >= 15 is 0 Å². The lowest BCUT2D eigenvalue weighted by atomic mass is 10.2. The molecule has 2 aromatic heterocycles. The van der Waals surface area contributed by atoms with Gasteiger partial charge in [0.05, 0.1) is 18.3 Å². The van der Waals surface area contributed by atoms with Crippen LogP contribution in [-0.2, 0) is 6.61 Å². The zero-order chi connectivity index (χ0) is 15.5. The molecule has 0 saturated heterocycles. The number of aromatic nitrogens is 2. The largest absolute Gasteiger partial charge is 0.497 e. The third kappa shape index (κ3) is 2.79. The molecule has 3 rings (SSSR count). The first-order valence-corrected chi connectivity index (χ1v) is 6.92. The summed E-state index contributed by atoms with van der Waals surface area (Å²) in [4.78, 5) is 19.1. The second-order valence-electron chi connectivity index (χ2n) is 4.95. The van der Waals surface area contributed by atoms with Crippen LogP contribution in [-0.4, -0.2) is 17.1 Å². The van der Waals surface area contributed by atoms with Gasteiger partial charge in [-0.1, -0.05) is 12.1 Å². The number of benzene rings is 1. The van der Waals surface area contributed by atoms with E-state index in [1.807, 2.05) is 37.3 Å². The minimum absolute atomic E-state index is 0.0986. The molecular formula is C17H16N2O3. The van der Waals surface area contributed by atoms with Gasteiger partial charge in [0.1, 0.15) is 23.6 Å². The van der Waals surface area contributed by atoms with Crippen LogP contribution in [0.5, 0.6) is 11.5 Å². The van der Waals surface area contributed by atoms with E-state index in [4.69, 9.17) is 9.47 Å². The van der Waals surface area contributed by atoms with Gasteiger partial charge in [-0.3, -0.25) is 4.79 Å². The van der Waals surface area contributed by atoms with Crippen molar-refractivity contribution in [3.05, 3.63) is 64.1 Å². The summed E-state index contributed by atoms with van der Waals surface area (Å²) in [6, 6.07) is 11.0. The quantitative estimate of drug-likeness (QED) is 0.804. The Morgan fingerprint density at radius 2 is 1.95 bits per heavy atom. The normalized spacial score (nSPS) is 10.6. The Balaban J connectivity index is 1.84. The molecular weight excluding hydrogens is 280 g/mol. The van der Waals surface area contributed by atoms with E-state index < -0.39 is 0 Å². The first-order valence-electron chi connectivity index (χ1n) is 6.92. The van der Waals surface area contributed by atoms with Gasteiger partial charge < -0.3 is 14.5 Å². The van der Waals surface area contributed by atoms with Crippen LogP contribution in [0, 0.1) is 6.92 Å². The molecule has 0 unspecified atom stereocenters. The Morgan fingerprint density at radius 3 is 2.68 bits per heavy atom. The summed E-state index contributed by atoms with van der Waals surface area (Å²) in [5.41, 5.74) is 2.72. The Hall–Kier alpha value is -2.82. The Morgan fingerprint density at radius 1 is 1.18 bits per heavy atom. The molecule has 5 heteroatoms. The number of nitrogens with zero attached hydrogens (tertiary/aromatic N) is 1. The number of pyridine rings is 2. The standard InChI is InChI=1S/C17H16N2O3/c1-11-16(9-14-17(19-11)15(20)7-8-18-14)22-10-12-3-5-13(21-2)6-4-12/h3-9H,10H2,1-2H3,(H,18,20). The van der Waals surface area contributed by atoms with Crippen molar-refractivity contribution in [1.29, 1.82) is 0 Å². The van der Waals surface area contributed by atoms with E-state index in [0.29, 0.717) is 29.1 Å². The lowest BCUT2D eigenvalue weighted by molar-refractivity contribution is 0.303. The first kappa shape index (κ1) is 14.1. The summed E-state index contributed by atoms with van der Waals surface area (Å²) in [7, 11) is 1.64. The fourth-order valence-corrected chi connectivity index (χ4v) is 2.20. The van der Waals surface area contributed by atoms with Crippen molar-refractivity contribution >= 4 is 11.0 Å². The van der Waals surface area contributed by atoms with Gasteiger partial charge in [0.2, 0.25) is 5.43 Å². The molecule has 0 bridgehead atoms. The monoisotopic (exact) mass is 296 g/mol. The molecule has 1 aromatic carbocycles. The maximum atomic E-state index is 11.7. The molecule has 0 atom stereocenters. The van der Waals surface area contributed by atoms with Gasteiger partial charge in [-0.25, -0.2) is 4.98 Å². The van der Waals surface area contributed by atoms with Crippen molar-refractivity contribution in [2.24, 2.45) is 0 Å². The number of ether oxygens (including phenoxy) is 2. The number of fused-ring (bicyclic) bond motifs is 1. The fourth-order valence-electron chi connectivity index (χ4n) is 2.20. The van der Waals surface area contributed by atoms with Crippen LogP contribution in [0.4, 0.5) is 0 Å². The predicted octanol–water partition coefficient (Wildman–Crippen LogP) is 2.82. The van der Waals surface area contributed by atoms with Crippen molar-refractivity contribution in [2.75, 3.05) is 7.11 Å². The number of nitrogens with one attached hydrogen (secondary N) is 1. The van der Waals surface area contributed by atoms with Crippen molar-refractivity contribution in [3.8, 4) is 11.5 Å². The van der Waals surface area contributed by atoms with Gasteiger partial charge in [0.25, 0.3) is 0 Å². The Labute approximate surface area is 127 Å². The van der Waals surface area contributed by atoms with Gasteiger partial charge in [0, 0.05) is 18.3 Å². The molecule has 1 N–H and O–H groups in total.